The molecule has 1 saturated heterocycles. The highest BCUT2D eigenvalue weighted by atomic mass is 35.5. The van der Waals surface area contributed by atoms with E-state index in [4.69, 9.17) is 21.1 Å². The van der Waals surface area contributed by atoms with Gasteiger partial charge < -0.3 is 20.1 Å². The van der Waals surface area contributed by atoms with Crippen molar-refractivity contribution < 1.29 is 18.7 Å². The molecule has 3 aromatic rings. The van der Waals surface area contributed by atoms with Gasteiger partial charge in [0.25, 0.3) is 0 Å². The van der Waals surface area contributed by atoms with Crippen LogP contribution in [-0.4, -0.2) is 60.2 Å². The Balaban J connectivity index is 1.36. The quantitative estimate of drug-likeness (QED) is 0.308. The number of ether oxygens (including phenoxy) is 2. The van der Waals surface area contributed by atoms with Gasteiger partial charge in [-0.1, -0.05) is 17.7 Å². The molecule has 1 amide bonds. The van der Waals surface area contributed by atoms with Crippen LogP contribution in [0.25, 0.3) is 10.9 Å². The number of nitrogens with one attached hydrogen (secondary N) is 2. The summed E-state index contributed by atoms with van der Waals surface area (Å²) in [4.78, 5) is 24.0. The number of amides is 1. The van der Waals surface area contributed by atoms with Crippen molar-refractivity contribution >= 4 is 45.6 Å². The topological polar surface area (TPSA) is 88.6 Å². The molecule has 0 spiro atoms. The third-order valence-electron chi connectivity index (χ3n) is 6.82. The van der Waals surface area contributed by atoms with Crippen LogP contribution in [0.1, 0.15) is 25.7 Å². The number of nitrogens with zero attached hydrogens (tertiary/aromatic N) is 3. The minimum atomic E-state index is -0.501. The first-order valence-electron chi connectivity index (χ1n) is 12.8. The monoisotopic (exact) mass is 539 g/mol. The van der Waals surface area contributed by atoms with Crippen LogP contribution in [0.2, 0.25) is 5.02 Å². The molecule has 10 heteroatoms. The maximum absolute atomic E-state index is 13.6. The second-order valence-electron chi connectivity index (χ2n) is 9.73. The van der Waals surface area contributed by atoms with Crippen molar-refractivity contribution in [3.8, 4) is 5.75 Å². The summed E-state index contributed by atoms with van der Waals surface area (Å²) in [6, 6.07) is 8.34. The van der Waals surface area contributed by atoms with Gasteiger partial charge in [0.2, 0.25) is 5.91 Å². The summed E-state index contributed by atoms with van der Waals surface area (Å²) >= 11 is 5.95. The Morgan fingerprint density at radius 3 is 2.87 bits per heavy atom. The van der Waals surface area contributed by atoms with Crippen LogP contribution >= 0.6 is 11.6 Å². The van der Waals surface area contributed by atoms with Gasteiger partial charge in [-0.25, -0.2) is 14.4 Å². The van der Waals surface area contributed by atoms with Gasteiger partial charge in [-0.15, -0.1) is 0 Å². The Hall–Kier alpha value is -3.27. The lowest BCUT2D eigenvalue weighted by Gasteiger charge is -2.21. The number of anilines is 3. The normalized spacial score (nSPS) is 17.8. The van der Waals surface area contributed by atoms with Crippen LogP contribution in [0, 0.1) is 11.7 Å². The van der Waals surface area contributed by atoms with Crippen molar-refractivity contribution in [3.05, 3.63) is 59.7 Å². The molecule has 0 unspecified atom stereocenters. The summed E-state index contributed by atoms with van der Waals surface area (Å²) in [7, 11) is 1.72. The first kappa shape index (κ1) is 26.3. The summed E-state index contributed by atoms with van der Waals surface area (Å²) in [5, 5.41) is 6.82. The summed E-state index contributed by atoms with van der Waals surface area (Å²) in [6.07, 6.45) is 9.41. The summed E-state index contributed by atoms with van der Waals surface area (Å²) in [6.45, 7) is 2.97. The standard InChI is InChI=1S/C28H31ClFN5O3/c1-37-16-20-4-2-10-35(20)11-3-5-27(36)34-25-13-21-24(14-26(25)38-15-18-6-7-18)31-17-32-28(21)33-19-8-9-23(30)22(29)12-19/h3,5,8-9,12-14,17-18,20H,2,4,6-7,10-11,15-16H2,1H3,(H,34,36)(H,31,32,33)/b5-3+/t20-/m1/s1. The van der Waals surface area contributed by atoms with Crippen molar-refractivity contribution in [2.45, 2.75) is 31.7 Å². The third kappa shape index (κ3) is 6.59. The zero-order valence-corrected chi connectivity index (χ0v) is 22.0. The molecule has 2 heterocycles. The highest BCUT2D eigenvalue weighted by Gasteiger charge is 2.24. The van der Waals surface area contributed by atoms with Gasteiger partial charge in [0.15, 0.2) is 0 Å². The van der Waals surface area contributed by atoms with E-state index in [0.717, 1.165) is 32.2 Å². The molecule has 1 saturated carbocycles. The SMILES string of the molecule is COC[C@H]1CCCN1C/C=C/C(=O)Nc1cc2c(Nc3ccc(F)c(Cl)c3)ncnc2cc1OCC1CC1. The fraction of sp³-hybridized carbons (Fsp3) is 0.393. The van der Waals surface area contributed by atoms with Crippen molar-refractivity contribution in [2.24, 2.45) is 5.92 Å². The van der Waals surface area contributed by atoms with E-state index in [0.29, 0.717) is 65.6 Å². The molecule has 2 fully saturated rings. The Morgan fingerprint density at radius 2 is 2.08 bits per heavy atom. The minimum Gasteiger partial charge on any atom is -0.491 e. The molecule has 1 aliphatic carbocycles. The average molecular weight is 540 g/mol. The molecule has 0 radical (unpaired) electrons. The predicted octanol–water partition coefficient (Wildman–Crippen LogP) is 5.56. The molecular weight excluding hydrogens is 509 g/mol. The molecule has 8 nitrogen and oxygen atoms in total. The molecule has 38 heavy (non-hydrogen) atoms. The number of likely N-dealkylation sites (tertiary alicyclic amines) is 1. The van der Waals surface area contributed by atoms with Gasteiger partial charge in [-0.05, 0) is 62.4 Å². The molecule has 0 bridgehead atoms. The van der Waals surface area contributed by atoms with E-state index in [1.54, 1.807) is 31.4 Å². The fourth-order valence-corrected chi connectivity index (χ4v) is 4.77. The van der Waals surface area contributed by atoms with Gasteiger partial charge in [0.05, 0.1) is 29.4 Å². The zero-order valence-electron chi connectivity index (χ0n) is 21.3. The number of carbonyl (C=O) groups is 1. The van der Waals surface area contributed by atoms with Gasteiger partial charge in [-0.2, -0.15) is 0 Å². The highest BCUT2D eigenvalue weighted by Crippen LogP contribution is 2.36. The Labute approximate surface area is 226 Å². The predicted molar refractivity (Wildman–Crippen MR) is 147 cm³/mol. The number of rotatable bonds is 11. The smallest absolute Gasteiger partial charge is 0.248 e. The Morgan fingerprint density at radius 1 is 1.21 bits per heavy atom. The molecule has 1 atom stereocenters. The zero-order chi connectivity index (χ0) is 26.5. The molecule has 5 rings (SSSR count). The van der Waals surface area contributed by atoms with E-state index in [2.05, 4.69) is 25.5 Å². The average Bonchev–Trinajstić information content (AvgIpc) is 3.63. The van der Waals surface area contributed by atoms with E-state index in [-0.39, 0.29) is 10.9 Å². The third-order valence-corrected chi connectivity index (χ3v) is 7.11. The van der Waals surface area contributed by atoms with Crippen LogP contribution in [0.15, 0.2) is 48.8 Å². The number of hydrogen-bond donors (Lipinski definition) is 2. The van der Waals surface area contributed by atoms with Crippen LogP contribution in [0.3, 0.4) is 0 Å². The summed E-state index contributed by atoms with van der Waals surface area (Å²) in [5.41, 5.74) is 1.75. The fourth-order valence-electron chi connectivity index (χ4n) is 4.59. The van der Waals surface area contributed by atoms with Gasteiger partial charge in [-0.3, -0.25) is 9.69 Å². The van der Waals surface area contributed by atoms with E-state index in [9.17, 15) is 9.18 Å². The second kappa shape index (κ2) is 12.1. The number of halogens is 2. The maximum Gasteiger partial charge on any atom is 0.248 e. The number of methoxy groups -OCH3 is 1. The van der Waals surface area contributed by atoms with E-state index < -0.39 is 5.82 Å². The number of carbonyl (C=O) groups excluding carboxylic acids is 1. The highest BCUT2D eigenvalue weighted by molar-refractivity contribution is 6.31. The first-order chi connectivity index (χ1) is 18.5. The molecule has 2 aromatic carbocycles. The van der Waals surface area contributed by atoms with Crippen LogP contribution in [0.5, 0.6) is 5.75 Å². The maximum atomic E-state index is 13.6. The van der Waals surface area contributed by atoms with Crippen LogP contribution in [-0.2, 0) is 9.53 Å². The van der Waals surface area contributed by atoms with Crippen molar-refractivity contribution in [1.82, 2.24) is 14.9 Å². The van der Waals surface area contributed by atoms with E-state index in [1.807, 2.05) is 6.08 Å². The number of aromatic nitrogens is 2. The summed E-state index contributed by atoms with van der Waals surface area (Å²) < 4.78 is 25.0. The molecule has 2 N–H and O–H groups in total. The molecule has 2 aliphatic rings. The van der Waals surface area contributed by atoms with Gasteiger partial charge in [0, 0.05) is 42.9 Å². The lowest BCUT2D eigenvalue weighted by atomic mass is 10.1. The second-order valence-corrected chi connectivity index (χ2v) is 10.1. The Bertz CT molecular complexity index is 1330. The number of benzene rings is 2. The van der Waals surface area contributed by atoms with Crippen molar-refractivity contribution in [1.29, 1.82) is 0 Å². The van der Waals surface area contributed by atoms with E-state index in [1.165, 1.54) is 18.5 Å². The van der Waals surface area contributed by atoms with Crippen LogP contribution in [0.4, 0.5) is 21.6 Å². The minimum absolute atomic E-state index is 0.00587. The van der Waals surface area contributed by atoms with E-state index >= 15 is 0 Å². The van der Waals surface area contributed by atoms with Crippen molar-refractivity contribution in [2.75, 3.05) is 44.0 Å². The lowest BCUT2D eigenvalue weighted by Crippen LogP contribution is -2.33. The van der Waals surface area contributed by atoms with Crippen LogP contribution < -0.4 is 15.4 Å². The molecule has 1 aromatic heterocycles. The number of hydrogen-bond acceptors (Lipinski definition) is 7. The summed E-state index contributed by atoms with van der Waals surface area (Å²) in [5.74, 6) is 0.843. The molecule has 200 valence electrons. The number of fused-ring (bicyclic) bond motifs is 1. The largest absolute Gasteiger partial charge is 0.491 e. The molecule has 1 aliphatic heterocycles. The van der Waals surface area contributed by atoms with Gasteiger partial charge >= 0.3 is 0 Å². The lowest BCUT2D eigenvalue weighted by molar-refractivity contribution is -0.111. The van der Waals surface area contributed by atoms with Crippen molar-refractivity contribution in [3.63, 3.8) is 0 Å². The molecular formula is C28H31ClFN5O3. The van der Waals surface area contributed by atoms with Gasteiger partial charge in [0.1, 0.15) is 23.7 Å². The Kier molecular flexibility index (Phi) is 8.36. The first-order valence-corrected chi connectivity index (χ1v) is 13.2.